The number of piperidine rings is 1. The Morgan fingerprint density at radius 2 is 1.71 bits per heavy atom. The molecule has 0 radical (unpaired) electrons. The van der Waals surface area contributed by atoms with Crippen molar-refractivity contribution in [3.05, 3.63) is 71.6 Å². The van der Waals surface area contributed by atoms with E-state index >= 15 is 0 Å². The van der Waals surface area contributed by atoms with Gasteiger partial charge in [-0.3, -0.25) is 4.79 Å². The molecule has 6 rings (SSSR count). The third-order valence-electron chi connectivity index (χ3n) is 7.14. The largest absolute Gasteiger partial charge is 0.407 e. The van der Waals surface area contributed by atoms with Gasteiger partial charge in [0.05, 0.1) is 11.1 Å². The number of benzene rings is 2. The Hall–Kier alpha value is -2.99. The van der Waals surface area contributed by atoms with Gasteiger partial charge in [-0.15, -0.1) is 5.10 Å². The quantitative estimate of drug-likeness (QED) is 0.626. The van der Waals surface area contributed by atoms with E-state index in [9.17, 15) is 4.79 Å². The third-order valence-corrected chi connectivity index (χ3v) is 7.14. The molecule has 0 N–H and O–H groups in total. The number of hydrogen-bond acceptors (Lipinski definition) is 5. The Balaban J connectivity index is 1.12. The molecule has 6 nitrogen and oxygen atoms in total. The van der Waals surface area contributed by atoms with Crippen LogP contribution in [0.1, 0.15) is 48.6 Å². The van der Waals surface area contributed by atoms with Crippen LogP contribution in [-0.2, 0) is 16.6 Å². The minimum Gasteiger partial charge on any atom is -0.407 e. The van der Waals surface area contributed by atoms with Gasteiger partial charge in [-0.1, -0.05) is 53.6 Å². The van der Waals surface area contributed by atoms with Gasteiger partial charge in [0, 0.05) is 12.5 Å². The maximum Gasteiger partial charge on any atom is 0.329 e. The first-order chi connectivity index (χ1) is 15.2. The van der Waals surface area contributed by atoms with Crippen LogP contribution in [0.15, 0.2) is 59.0 Å². The summed E-state index contributed by atoms with van der Waals surface area (Å²) in [5.41, 5.74) is 3.03. The molecule has 0 atom stereocenters. The molecule has 1 aliphatic carbocycles. The molecule has 1 spiro atoms. The van der Waals surface area contributed by atoms with E-state index in [0.717, 1.165) is 63.0 Å². The van der Waals surface area contributed by atoms with Crippen molar-refractivity contribution in [2.24, 2.45) is 0 Å². The van der Waals surface area contributed by atoms with Crippen molar-refractivity contribution in [2.75, 3.05) is 24.5 Å². The molecule has 2 fully saturated rings. The summed E-state index contributed by atoms with van der Waals surface area (Å²) in [6.45, 7) is 3.14. The second-order valence-corrected chi connectivity index (χ2v) is 9.01. The number of aromatic nitrogens is 2. The summed E-state index contributed by atoms with van der Waals surface area (Å²) in [6.07, 6.45) is 4.90. The van der Waals surface area contributed by atoms with E-state index in [4.69, 9.17) is 4.42 Å². The lowest BCUT2D eigenvalue weighted by Crippen LogP contribution is -2.34. The third kappa shape index (κ3) is 3.17. The first-order valence-corrected chi connectivity index (χ1v) is 11.3. The molecule has 158 valence electrons. The summed E-state index contributed by atoms with van der Waals surface area (Å²) >= 11 is 0. The van der Waals surface area contributed by atoms with E-state index in [0.29, 0.717) is 11.9 Å². The van der Waals surface area contributed by atoms with E-state index in [2.05, 4.69) is 51.5 Å². The van der Waals surface area contributed by atoms with Crippen LogP contribution in [0.5, 0.6) is 0 Å². The number of anilines is 2. The lowest BCUT2D eigenvalue weighted by atomic mass is 9.96. The fourth-order valence-electron chi connectivity index (χ4n) is 5.13. The first-order valence-electron chi connectivity index (χ1n) is 11.3. The summed E-state index contributed by atoms with van der Waals surface area (Å²) in [7, 11) is 0. The highest BCUT2D eigenvalue weighted by molar-refractivity contribution is 6.13. The Bertz CT molecular complexity index is 1100. The van der Waals surface area contributed by atoms with Crippen LogP contribution in [0.3, 0.4) is 0 Å². The fraction of sp³-hybridized carbons (Fsp3) is 0.400. The van der Waals surface area contributed by atoms with Crippen LogP contribution in [0.4, 0.5) is 11.7 Å². The van der Waals surface area contributed by atoms with Gasteiger partial charge in [-0.2, -0.15) is 0 Å². The lowest BCUT2D eigenvalue weighted by molar-refractivity contribution is -0.119. The van der Waals surface area contributed by atoms with Crippen LogP contribution in [0.25, 0.3) is 0 Å². The van der Waals surface area contributed by atoms with Crippen molar-refractivity contribution in [1.82, 2.24) is 15.1 Å². The second-order valence-electron chi connectivity index (χ2n) is 9.01. The normalized spacial score (nSPS) is 20.4. The number of carbonyl (C=O) groups excluding carboxylic acids is 1. The molecule has 3 heterocycles. The minimum absolute atomic E-state index is 0.0830. The summed E-state index contributed by atoms with van der Waals surface area (Å²) in [5, 5.41) is 8.64. The van der Waals surface area contributed by atoms with Crippen molar-refractivity contribution in [2.45, 2.75) is 43.4 Å². The average Bonchev–Trinajstić information content (AvgIpc) is 3.43. The van der Waals surface area contributed by atoms with Gasteiger partial charge in [-0.05, 0) is 62.4 Å². The maximum absolute atomic E-state index is 13.2. The number of amides is 1. The van der Waals surface area contributed by atoms with Gasteiger partial charge >= 0.3 is 6.01 Å². The summed E-state index contributed by atoms with van der Waals surface area (Å²) in [5.74, 6) is 1.01. The van der Waals surface area contributed by atoms with E-state index in [1.54, 1.807) is 4.90 Å². The molecule has 3 aliphatic rings. The van der Waals surface area contributed by atoms with E-state index in [1.807, 2.05) is 18.2 Å². The highest BCUT2D eigenvalue weighted by atomic mass is 16.4. The molecule has 6 heteroatoms. The molecule has 3 aromatic rings. The Labute approximate surface area is 181 Å². The molecular weight excluding hydrogens is 388 g/mol. The molecule has 1 saturated carbocycles. The monoisotopic (exact) mass is 414 g/mol. The molecule has 0 bridgehead atoms. The summed E-state index contributed by atoms with van der Waals surface area (Å²) in [6, 6.07) is 19.0. The summed E-state index contributed by atoms with van der Waals surface area (Å²) < 4.78 is 6.08. The number of carbonyl (C=O) groups is 1. The predicted molar refractivity (Wildman–Crippen MR) is 117 cm³/mol. The lowest BCUT2D eigenvalue weighted by Gasteiger charge is -2.30. The zero-order valence-electron chi connectivity index (χ0n) is 17.5. The van der Waals surface area contributed by atoms with Crippen molar-refractivity contribution in [1.29, 1.82) is 0 Å². The maximum atomic E-state index is 13.2. The van der Waals surface area contributed by atoms with Crippen molar-refractivity contribution in [3.63, 3.8) is 0 Å². The van der Waals surface area contributed by atoms with Crippen LogP contribution in [0, 0.1) is 0 Å². The van der Waals surface area contributed by atoms with Gasteiger partial charge < -0.3 is 9.32 Å². The van der Waals surface area contributed by atoms with Crippen LogP contribution in [0.2, 0.25) is 0 Å². The zero-order valence-corrected chi connectivity index (χ0v) is 17.5. The molecule has 31 heavy (non-hydrogen) atoms. The van der Waals surface area contributed by atoms with Crippen molar-refractivity contribution >= 4 is 17.6 Å². The standard InChI is InChI=1S/C25H26N4O2/c30-23-25(13-14-25)20-8-4-5-9-21(20)29(23)24-27-26-22(31-24)19-11-16-28(17-12-19)15-10-18-6-2-1-3-7-18/h1-9,19H,10-17H2. The Morgan fingerprint density at radius 1 is 0.968 bits per heavy atom. The topological polar surface area (TPSA) is 62.5 Å². The molecule has 0 unspecified atom stereocenters. The number of rotatable bonds is 5. The van der Waals surface area contributed by atoms with Gasteiger partial charge in [0.2, 0.25) is 11.8 Å². The van der Waals surface area contributed by atoms with Crippen molar-refractivity contribution < 1.29 is 9.21 Å². The number of fused-ring (bicyclic) bond motifs is 2. The highest BCUT2D eigenvalue weighted by Gasteiger charge is 2.60. The predicted octanol–water partition coefficient (Wildman–Crippen LogP) is 4.20. The average molecular weight is 415 g/mol. The Morgan fingerprint density at radius 3 is 2.48 bits per heavy atom. The molecule has 1 saturated heterocycles. The number of nitrogens with zero attached hydrogens (tertiary/aromatic N) is 4. The van der Waals surface area contributed by atoms with E-state index in [1.165, 1.54) is 5.56 Å². The SMILES string of the molecule is O=C1N(c2nnc(C3CCN(CCc4ccccc4)CC3)o2)c2ccccc2C12CC2. The molecule has 2 aromatic carbocycles. The fourth-order valence-corrected chi connectivity index (χ4v) is 5.13. The number of para-hydroxylation sites is 1. The highest BCUT2D eigenvalue weighted by Crippen LogP contribution is 2.58. The Kier molecular flexibility index (Phi) is 4.42. The van der Waals surface area contributed by atoms with E-state index in [-0.39, 0.29) is 17.2 Å². The van der Waals surface area contributed by atoms with E-state index < -0.39 is 0 Å². The van der Waals surface area contributed by atoms with Crippen LogP contribution < -0.4 is 4.90 Å². The summed E-state index contributed by atoms with van der Waals surface area (Å²) in [4.78, 5) is 17.3. The molecule has 2 aliphatic heterocycles. The molecule has 1 amide bonds. The smallest absolute Gasteiger partial charge is 0.329 e. The zero-order chi connectivity index (χ0) is 20.8. The van der Waals surface area contributed by atoms with Gasteiger partial charge in [0.15, 0.2) is 0 Å². The number of hydrogen-bond donors (Lipinski definition) is 0. The first kappa shape index (κ1) is 18.8. The minimum atomic E-state index is -0.352. The van der Waals surface area contributed by atoms with Crippen molar-refractivity contribution in [3.8, 4) is 0 Å². The van der Waals surface area contributed by atoms with Crippen LogP contribution in [-0.4, -0.2) is 40.6 Å². The van der Waals surface area contributed by atoms with Crippen LogP contribution >= 0.6 is 0 Å². The van der Waals surface area contributed by atoms with Gasteiger partial charge in [0.25, 0.3) is 0 Å². The van der Waals surface area contributed by atoms with Gasteiger partial charge in [0.1, 0.15) is 0 Å². The van der Waals surface area contributed by atoms with Gasteiger partial charge in [-0.25, -0.2) is 4.90 Å². The molecule has 1 aromatic heterocycles. The molecular formula is C25H26N4O2. The number of likely N-dealkylation sites (tertiary alicyclic amines) is 1. The second kappa shape index (κ2) is 7.31.